The van der Waals surface area contributed by atoms with Gasteiger partial charge < -0.3 is 0 Å². The number of fused-ring (bicyclic) bond motifs is 5. The first-order valence-electron chi connectivity index (χ1n) is 15.5. The molecule has 1 heterocycles. The van der Waals surface area contributed by atoms with Crippen LogP contribution in [0.1, 0.15) is 0 Å². The van der Waals surface area contributed by atoms with Gasteiger partial charge in [0.1, 0.15) is 0 Å². The van der Waals surface area contributed by atoms with Crippen LogP contribution in [0, 0.1) is 0 Å². The Kier molecular flexibility index (Phi) is 6.14. The molecule has 0 atom stereocenters. The molecular weight excluding hydrogens is 558 g/mol. The molecule has 0 radical (unpaired) electrons. The van der Waals surface area contributed by atoms with Gasteiger partial charge in [0, 0.05) is 16.7 Å². The average molecular weight is 586 g/mol. The van der Waals surface area contributed by atoms with Crippen molar-refractivity contribution in [3.05, 3.63) is 164 Å². The Morgan fingerprint density at radius 1 is 0.261 bits per heavy atom. The quantitative estimate of drug-likeness (QED) is 0.193. The summed E-state index contributed by atoms with van der Waals surface area (Å²) in [7, 11) is 0. The molecule has 0 aliphatic heterocycles. The van der Waals surface area contributed by atoms with E-state index in [1.54, 1.807) is 0 Å². The van der Waals surface area contributed by atoms with E-state index in [4.69, 9.17) is 15.0 Å². The van der Waals surface area contributed by atoms with Crippen LogP contribution in [0.15, 0.2) is 164 Å². The van der Waals surface area contributed by atoms with Gasteiger partial charge in [-0.2, -0.15) is 0 Å². The van der Waals surface area contributed by atoms with Crippen LogP contribution in [-0.2, 0) is 0 Å². The standard InChI is InChI=1S/C43H27N3/c1-2-12-30(13-3-1)41-44-42(33-23-21-28-11-4-5-14-31(28)25-33)46-43(45-41)34-24-22-29-16-10-20-38(39(29)27-34)40-26-32-15-6-7-17-35(32)36-18-8-9-19-37(36)40/h1-27H. The number of nitrogens with zero attached hydrogens (tertiary/aromatic N) is 3. The zero-order valence-corrected chi connectivity index (χ0v) is 24.9. The maximum atomic E-state index is 5.08. The second-order valence-corrected chi connectivity index (χ2v) is 11.7. The number of rotatable bonds is 4. The van der Waals surface area contributed by atoms with Gasteiger partial charge in [0.25, 0.3) is 0 Å². The lowest BCUT2D eigenvalue weighted by Gasteiger charge is -2.14. The molecule has 9 aromatic rings. The molecule has 0 aliphatic rings. The molecule has 0 unspecified atom stereocenters. The first-order valence-corrected chi connectivity index (χ1v) is 15.5. The van der Waals surface area contributed by atoms with E-state index in [-0.39, 0.29) is 0 Å². The molecule has 3 nitrogen and oxygen atoms in total. The SMILES string of the molecule is c1ccc(-c2nc(-c3ccc4ccccc4c3)nc(-c3ccc4cccc(-c5cc6ccccc6c6ccccc56)c4c3)n2)cc1. The molecule has 0 amide bonds. The first kappa shape index (κ1) is 26.2. The predicted molar refractivity (Wildman–Crippen MR) is 192 cm³/mol. The van der Waals surface area contributed by atoms with Crippen molar-refractivity contribution in [2.45, 2.75) is 0 Å². The van der Waals surface area contributed by atoms with Crippen molar-refractivity contribution in [3.8, 4) is 45.3 Å². The molecule has 0 saturated heterocycles. The van der Waals surface area contributed by atoms with Crippen molar-refractivity contribution in [2.24, 2.45) is 0 Å². The highest BCUT2D eigenvalue weighted by Gasteiger charge is 2.15. The van der Waals surface area contributed by atoms with Crippen LogP contribution < -0.4 is 0 Å². The maximum Gasteiger partial charge on any atom is 0.164 e. The van der Waals surface area contributed by atoms with Gasteiger partial charge in [0.2, 0.25) is 0 Å². The highest BCUT2D eigenvalue weighted by Crippen LogP contribution is 2.39. The van der Waals surface area contributed by atoms with E-state index in [2.05, 4.69) is 133 Å². The van der Waals surface area contributed by atoms with E-state index < -0.39 is 0 Å². The van der Waals surface area contributed by atoms with Crippen LogP contribution in [0.25, 0.3) is 88.4 Å². The third-order valence-corrected chi connectivity index (χ3v) is 8.87. The van der Waals surface area contributed by atoms with Crippen molar-refractivity contribution in [3.63, 3.8) is 0 Å². The fourth-order valence-corrected chi connectivity index (χ4v) is 6.60. The van der Waals surface area contributed by atoms with Crippen LogP contribution in [0.5, 0.6) is 0 Å². The van der Waals surface area contributed by atoms with E-state index in [9.17, 15) is 0 Å². The topological polar surface area (TPSA) is 38.7 Å². The zero-order chi connectivity index (χ0) is 30.5. The third-order valence-electron chi connectivity index (χ3n) is 8.87. The average Bonchev–Trinajstić information content (AvgIpc) is 3.14. The van der Waals surface area contributed by atoms with Gasteiger partial charge in [0.05, 0.1) is 0 Å². The molecule has 3 heteroatoms. The summed E-state index contributed by atoms with van der Waals surface area (Å²) in [5.41, 5.74) is 5.27. The van der Waals surface area contributed by atoms with Crippen LogP contribution in [0.3, 0.4) is 0 Å². The second kappa shape index (κ2) is 10.8. The minimum absolute atomic E-state index is 0.650. The molecule has 1 aromatic heterocycles. The summed E-state index contributed by atoms with van der Waals surface area (Å²) in [5, 5.41) is 9.67. The monoisotopic (exact) mass is 585 g/mol. The Morgan fingerprint density at radius 2 is 0.826 bits per heavy atom. The fourth-order valence-electron chi connectivity index (χ4n) is 6.60. The number of aromatic nitrogens is 3. The predicted octanol–water partition coefficient (Wildman–Crippen LogP) is 11.2. The number of hydrogen-bond acceptors (Lipinski definition) is 3. The largest absolute Gasteiger partial charge is 0.208 e. The lowest BCUT2D eigenvalue weighted by molar-refractivity contribution is 1.08. The van der Waals surface area contributed by atoms with Crippen LogP contribution in [0.4, 0.5) is 0 Å². The van der Waals surface area contributed by atoms with E-state index in [0.29, 0.717) is 17.5 Å². The van der Waals surface area contributed by atoms with Crippen LogP contribution in [-0.4, -0.2) is 15.0 Å². The summed E-state index contributed by atoms with van der Waals surface area (Å²) < 4.78 is 0. The summed E-state index contributed by atoms with van der Waals surface area (Å²) >= 11 is 0. The van der Waals surface area contributed by atoms with E-state index in [0.717, 1.165) is 27.5 Å². The smallest absolute Gasteiger partial charge is 0.164 e. The summed E-state index contributed by atoms with van der Waals surface area (Å²) in [6, 6.07) is 57.7. The lowest BCUT2D eigenvalue weighted by Crippen LogP contribution is -2.00. The molecule has 9 rings (SSSR count). The molecule has 214 valence electrons. The van der Waals surface area contributed by atoms with Crippen molar-refractivity contribution in [1.29, 1.82) is 0 Å². The summed E-state index contributed by atoms with van der Waals surface area (Å²) in [6.45, 7) is 0. The van der Waals surface area contributed by atoms with Gasteiger partial charge >= 0.3 is 0 Å². The summed E-state index contributed by atoms with van der Waals surface area (Å²) in [6.07, 6.45) is 0. The van der Waals surface area contributed by atoms with Gasteiger partial charge in [0.15, 0.2) is 17.5 Å². The van der Waals surface area contributed by atoms with Crippen molar-refractivity contribution >= 4 is 43.1 Å². The highest BCUT2D eigenvalue weighted by atomic mass is 15.0. The van der Waals surface area contributed by atoms with Gasteiger partial charge in [-0.05, 0) is 72.4 Å². The van der Waals surface area contributed by atoms with Gasteiger partial charge in [-0.1, -0.05) is 146 Å². The molecule has 0 aliphatic carbocycles. The molecule has 0 bridgehead atoms. The van der Waals surface area contributed by atoms with Gasteiger partial charge in [-0.3, -0.25) is 0 Å². The van der Waals surface area contributed by atoms with Crippen molar-refractivity contribution in [1.82, 2.24) is 15.0 Å². The van der Waals surface area contributed by atoms with E-state index >= 15 is 0 Å². The minimum atomic E-state index is 0.650. The zero-order valence-electron chi connectivity index (χ0n) is 24.9. The first-order chi connectivity index (χ1) is 22.8. The minimum Gasteiger partial charge on any atom is -0.208 e. The summed E-state index contributed by atoms with van der Waals surface area (Å²) in [5.74, 6) is 1.96. The number of benzene rings is 8. The van der Waals surface area contributed by atoms with Crippen molar-refractivity contribution in [2.75, 3.05) is 0 Å². The van der Waals surface area contributed by atoms with Crippen molar-refractivity contribution < 1.29 is 0 Å². The third kappa shape index (κ3) is 4.49. The fraction of sp³-hybridized carbons (Fsp3) is 0. The Bertz CT molecular complexity index is 2590. The molecule has 0 saturated carbocycles. The Labute approximate surface area is 266 Å². The Balaban J connectivity index is 1.26. The van der Waals surface area contributed by atoms with Gasteiger partial charge in [-0.25, -0.2) is 15.0 Å². The van der Waals surface area contributed by atoms with E-state index in [1.807, 2.05) is 30.3 Å². The normalized spacial score (nSPS) is 11.5. The summed E-state index contributed by atoms with van der Waals surface area (Å²) in [4.78, 5) is 15.1. The second-order valence-electron chi connectivity index (χ2n) is 11.7. The number of hydrogen-bond donors (Lipinski definition) is 0. The van der Waals surface area contributed by atoms with Crippen LogP contribution in [0.2, 0.25) is 0 Å². The highest BCUT2D eigenvalue weighted by molar-refractivity contribution is 6.16. The van der Waals surface area contributed by atoms with Gasteiger partial charge in [-0.15, -0.1) is 0 Å². The molecular formula is C43H27N3. The molecule has 8 aromatic carbocycles. The maximum absolute atomic E-state index is 5.08. The molecule has 46 heavy (non-hydrogen) atoms. The Morgan fingerprint density at radius 3 is 1.61 bits per heavy atom. The molecule has 0 fully saturated rings. The van der Waals surface area contributed by atoms with E-state index in [1.165, 1.54) is 43.4 Å². The molecule has 0 spiro atoms. The van der Waals surface area contributed by atoms with Crippen LogP contribution >= 0.6 is 0 Å². The Hall–Kier alpha value is -6.19. The molecule has 0 N–H and O–H groups in total. The lowest BCUT2D eigenvalue weighted by atomic mass is 9.90.